The largest absolute Gasteiger partial charge is 0.479 e. The number of aliphatic carboxylic acids is 1. The molecule has 0 aromatic heterocycles. The molecule has 45 atom stereocenters. The van der Waals surface area contributed by atoms with Crippen LogP contribution in [0.1, 0.15) is 27.7 Å². The fourth-order valence-corrected chi connectivity index (χ4v) is 14.4. The molecular weight excluding hydrogens is 1550 g/mol. The van der Waals surface area contributed by atoms with Crippen molar-refractivity contribution in [2.75, 3.05) is 52.9 Å². The predicted octanol–water partition coefficient (Wildman–Crippen LogP) is -20.0. The highest BCUT2D eigenvalue weighted by Gasteiger charge is 2.61. The Hall–Kier alpha value is -4.29. The van der Waals surface area contributed by atoms with Gasteiger partial charge < -0.3 is 229 Å². The van der Waals surface area contributed by atoms with Gasteiger partial charge in [0.25, 0.3) is 0 Å². The summed E-state index contributed by atoms with van der Waals surface area (Å²) in [6.45, 7) is -5.22. The summed E-state index contributed by atoms with van der Waals surface area (Å²) in [5.74, 6) is -5.46. The highest BCUT2D eigenvalue weighted by atomic mass is 16.8. The van der Waals surface area contributed by atoms with E-state index in [2.05, 4.69) is 21.3 Å². The van der Waals surface area contributed by atoms with Crippen LogP contribution >= 0.6 is 0 Å². The van der Waals surface area contributed by atoms with Crippen LogP contribution in [0, 0.1) is 0 Å². The third-order valence-corrected chi connectivity index (χ3v) is 20.3. The molecule has 113 heavy (non-hydrogen) atoms. The van der Waals surface area contributed by atoms with Gasteiger partial charge in [0, 0.05) is 27.7 Å². The van der Waals surface area contributed by atoms with Crippen LogP contribution in [-0.2, 0) is 104 Å². The minimum absolute atomic E-state index is 0.788. The highest BCUT2D eigenvalue weighted by Crippen LogP contribution is 2.40. The maximum atomic E-state index is 13.0. The maximum absolute atomic E-state index is 13.0. The molecule has 9 saturated heterocycles. The van der Waals surface area contributed by atoms with Crippen molar-refractivity contribution in [2.24, 2.45) is 0 Å². The fraction of sp³-hybridized carbons (Fsp3) is 0.919. The Labute approximate surface area is 638 Å². The summed E-state index contributed by atoms with van der Waals surface area (Å²) >= 11 is 0. The number of carbonyl (C=O) groups excluding carboxylic acids is 4. The summed E-state index contributed by atoms with van der Waals surface area (Å²) in [5.41, 5.74) is 0. The van der Waals surface area contributed by atoms with Gasteiger partial charge in [-0.3, -0.25) is 19.2 Å². The normalized spacial score (nSPS) is 48.5. The Balaban J connectivity index is 1.03. The molecule has 9 heterocycles. The van der Waals surface area contributed by atoms with Crippen molar-refractivity contribution in [3.8, 4) is 0 Å². The monoisotopic (exact) mass is 1650 g/mol. The second-order valence-corrected chi connectivity index (χ2v) is 28.2. The van der Waals surface area contributed by atoms with E-state index < -0.39 is 359 Å². The topological polar surface area (TPSA) is 796 Å². The molecule has 9 fully saturated rings. The van der Waals surface area contributed by atoms with Crippen LogP contribution in [0.15, 0.2) is 0 Å². The second-order valence-electron chi connectivity index (χ2n) is 28.2. The molecule has 0 unspecified atom stereocenters. The van der Waals surface area contributed by atoms with E-state index in [1.54, 1.807) is 0 Å². The fourth-order valence-electron chi connectivity index (χ4n) is 14.4. The van der Waals surface area contributed by atoms with Crippen LogP contribution in [0.2, 0.25) is 0 Å². The quantitative estimate of drug-likeness (QED) is 0.0331. The number of carboxylic acid groups (broad SMARTS) is 1. The molecule has 4 amide bonds. The van der Waals surface area contributed by atoms with Crippen molar-refractivity contribution in [3.63, 3.8) is 0 Å². The lowest BCUT2D eigenvalue weighted by atomic mass is 9.93. The first-order valence-corrected chi connectivity index (χ1v) is 35.6. The lowest BCUT2D eigenvalue weighted by Gasteiger charge is -2.51. The first kappa shape index (κ1) is 92.6. The van der Waals surface area contributed by atoms with E-state index in [-0.39, 0.29) is 0 Å². The number of amides is 4. The van der Waals surface area contributed by atoms with E-state index in [1.165, 1.54) is 0 Å². The van der Waals surface area contributed by atoms with Gasteiger partial charge in [-0.05, 0) is 0 Å². The SMILES string of the molecule is CC(=O)N[C@@H]1[C@@H](O)[C@H](O[C@@H]2O[C@H](CO)[C@@H](O[C@@H]3O[C@H](CO[C@H]4O[C@H](CO)[C@@H](O)[C@H](O)[C@@H]4O[C@@H]4O[C@H](CO)[C@@H](O[C@@H]5O[C@H](CO)[C@H](O)[C@H](O[C@@H]6O[C@H](C(=O)O)[C@@H](O)[C@H](O)[C@H]6O)[C@H]5O)[C@H](O)[C@H]4NC(C)=O)[C@@H](O)[C@H](O[C@H]4O[C@H](CO)[C@@H](O)[C@H](O)[C@@H]4O[C@@H]4O[C@H](CO)[C@@H](O)[C@H](O)[C@H]4NC(C)=O)[C@@H]3O)[C@H](O)[C@H]2NC(C)=O)[C@@H](CO)O[C@H]1O. The molecule has 29 N–H and O–H groups in total. The number of ether oxygens (including phenoxy) is 17. The van der Waals surface area contributed by atoms with Crippen molar-refractivity contribution < 1.29 is 232 Å². The molecule has 652 valence electrons. The lowest BCUT2D eigenvalue weighted by Crippen LogP contribution is -2.70. The first-order valence-electron chi connectivity index (χ1n) is 35.6. The Morgan fingerprint density at radius 1 is 0.257 bits per heavy atom. The average Bonchev–Trinajstić information content (AvgIpc) is 0.768. The van der Waals surface area contributed by atoms with E-state index in [9.17, 15) is 152 Å². The van der Waals surface area contributed by atoms with Gasteiger partial charge in [-0.25, -0.2) is 4.79 Å². The molecule has 51 nitrogen and oxygen atoms in total. The summed E-state index contributed by atoms with van der Waals surface area (Å²) in [4.78, 5) is 62.5. The van der Waals surface area contributed by atoms with Gasteiger partial charge in [-0.1, -0.05) is 0 Å². The summed E-state index contributed by atoms with van der Waals surface area (Å²) in [6.07, 6.45) is -87.7. The molecule has 51 heteroatoms. The van der Waals surface area contributed by atoms with Crippen LogP contribution in [0.4, 0.5) is 0 Å². The number of hydrogen-bond donors (Lipinski definition) is 29. The summed E-state index contributed by atoms with van der Waals surface area (Å²) in [5, 5.41) is 286. The van der Waals surface area contributed by atoms with Crippen molar-refractivity contribution in [3.05, 3.63) is 0 Å². The molecule has 0 radical (unpaired) electrons. The van der Waals surface area contributed by atoms with Gasteiger partial charge in [-0.15, -0.1) is 0 Å². The Bertz CT molecular complexity index is 3060. The molecule has 9 aliphatic heterocycles. The minimum atomic E-state index is -2.55. The zero-order chi connectivity index (χ0) is 83.4. The third-order valence-electron chi connectivity index (χ3n) is 20.3. The van der Waals surface area contributed by atoms with Crippen LogP contribution in [0.5, 0.6) is 0 Å². The van der Waals surface area contributed by atoms with Crippen LogP contribution in [-0.4, -0.2) is 486 Å². The number of aliphatic hydroxyl groups is 24. The second kappa shape index (κ2) is 40.2. The zero-order valence-electron chi connectivity index (χ0n) is 60.3. The van der Waals surface area contributed by atoms with Crippen LogP contribution in [0.25, 0.3) is 0 Å². The number of carbonyl (C=O) groups is 5. The Kier molecular flexibility index (Phi) is 32.9. The van der Waals surface area contributed by atoms with Crippen molar-refractivity contribution in [1.82, 2.24) is 21.3 Å². The third kappa shape index (κ3) is 20.4. The van der Waals surface area contributed by atoms with Gasteiger partial charge in [-0.2, -0.15) is 0 Å². The van der Waals surface area contributed by atoms with Gasteiger partial charge in [0.1, 0.15) is 213 Å². The van der Waals surface area contributed by atoms with Gasteiger partial charge in [0.05, 0.1) is 52.9 Å². The van der Waals surface area contributed by atoms with E-state index in [0.29, 0.717) is 0 Å². The smallest absolute Gasteiger partial charge is 0.335 e. The Morgan fingerprint density at radius 2 is 0.549 bits per heavy atom. The summed E-state index contributed by atoms with van der Waals surface area (Å²) in [7, 11) is 0. The van der Waals surface area contributed by atoms with Crippen molar-refractivity contribution in [1.29, 1.82) is 0 Å². The molecule has 0 aromatic carbocycles. The minimum Gasteiger partial charge on any atom is -0.479 e. The number of hydrogen-bond acceptors (Lipinski definition) is 46. The summed E-state index contributed by atoms with van der Waals surface area (Å²) in [6, 6.07) is -7.37. The number of nitrogens with one attached hydrogen (secondary N) is 4. The number of aliphatic hydroxyl groups excluding tert-OH is 24. The van der Waals surface area contributed by atoms with Gasteiger partial charge in [0.2, 0.25) is 23.6 Å². The zero-order valence-corrected chi connectivity index (χ0v) is 60.3. The van der Waals surface area contributed by atoms with E-state index >= 15 is 0 Å². The van der Waals surface area contributed by atoms with Crippen LogP contribution < -0.4 is 21.3 Å². The van der Waals surface area contributed by atoms with Gasteiger partial charge >= 0.3 is 5.97 Å². The highest BCUT2D eigenvalue weighted by molar-refractivity contribution is 5.75. The summed E-state index contributed by atoms with van der Waals surface area (Å²) < 4.78 is 99.8. The molecule has 0 spiro atoms. The number of rotatable bonds is 29. The van der Waals surface area contributed by atoms with Gasteiger partial charge in [0.15, 0.2) is 62.7 Å². The average molecular weight is 1660 g/mol. The Morgan fingerprint density at radius 3 is 0.973 bits per heavy atom. The lowest BCUT2D eigenvalue weighted by molar-refractivity contribution is -0.397. The van der Waals surface area contributed by atoms with Crippen molar-refractivity contribution in [2.45, 2.75) is 304 Å². The van der Waals surface area contributed by atoms with Crippen molar-refractivity contribution >= 4 is 29.6 Å². The molecule has 9 aliphatic rings. The number of carboxylic acids is 1. The van der Waals surface area contributed by atoms with E-state index in [4.69, 9.17) is 80.5 Å². The molecule has 0 aliphatic carbocycles. The molecule has 0 saturated carbocycles. The molecule has 9 rings (SSSR count). The van der Waals surface area contributed by atoms with E-state index in [0.717, 1.165) is 27.7 Å². The first-order chi connectivity index (χ1) is 53.4. The maximum Gasteiger partial charge on any atom is 0.335 e. The van der Waals surface area contributed by atoms with E-state index in [1.807, 2.05) is 0 Å². The predicted molar refractivity (Wildman–Crippen MR) is 344 cm³/mol. The van der Waals surface area contributed by atoms with Crippen LogP contribution in [0.3, 0.4) is 0 Å². The standard InChI is InChI=1S/C62H102N4O47/c1-13(74)63-25-35(84)45(21(9-71)98-54(25)96)106-56-27(65-15(3)76)36(85)47(22(10-72)103-56)108-60-44(93)49(110-62-52(40(89)31(80)19(7-69)102-62)113-55-26(64-14(2)75)34(83)29(78)17(5-67)99-55)33(82)24(105-60)12-97-61-51(39(88)30(79)18(6-68)101-61)112-57-28(66-16(4)77)37(86)46(23(11-73)104-57)107-59-43(92)48(32(81)20(8-70)100-59)109-58-42(91)38(87)41(90)50(111-58)53(94)95/h17-52,54-62,67-73,78-93,96H,5-12H2,1-4H3,(H,63,74)(H,64,75)(H,65,76)(H,66,77)(H,94,95)/t17-,18-,19-,20-,21-,22-,23-,24-,25-,26-,27-,28-,29-,30-,31-,32+,33-,34-,35-,36-,37-,38+,39+,40+,41+,42-,43-,44+,45-,46-,47-,48+,49+,50+,51+,52+,54-,55+,56+,57+,58-,59+,60+,61+,62-/m1/s1. The molecular formula is C62H102N4O47. The molecule has 0 aromatic rings. The molecule has 0 bridgehead atoms.